The predicted molar refractivity (Wildman–Crippen MR) is 77.0 cm³/mol. The average Bonchev–Trinajstić information content (AvgIpc) is 2.41. The van der Waals surface area contributed by atoms with Gasteiger partial charge in [0.15, 0.2) is 5.82 Å². The fraction of sp³-hybridized carbons (Fsp3) is 0.571. The Hall–Kier alpha value is -1.78. The van der Waals surface area contributed by atoms with Crippen LogP contribution in [0.5, 0.6) is 0 Å². The zero-order valence-corrected chi connectivity index (χ0v) is 11.9. The number of aromatic nitrogens is 1. The molecule has 1 aromatic heterocycles. The molecule has 1 aliphatic rings. The zero-order chi connectivity index (χ0) is 14.0. The highest BCUT2D eigenvalue weighted by Gasteiger charge is 2.24. The Bertz CT molecular complexity index is 465. The number of hydrogen-bond donors (Lipinski definition) is 1. The standard InChI is InChI=1S/C14H22N4O/c1-10(2)14(19)18-8-6-17(7-9-18)13-12(15)11(3)4-5-16-13/h4-5,10H,6-9,15H2,1-3H3. The van der Waals surface area contributed by atoms with Crippen LogP contribution in [0.1, 0.15) is 19.4 Å². The third-order valence-electron chi connectivity index (χ3n) is 3.57. The van der Waals surface area contributed by atoms with E-state index in [4.69, 9.17) is 5.73 Å². The van der Waals surface area contributed by atoms with Crippen molar-refractivity contribution in [3.8, 4) is 0 Å². The summed E-state index contributed by atoms with van der Waals surface area (Å²) in [6.45, 7) is 8.93. The van der Waals surface area contributed by atoms with E-state index >= 15 is 0 Å². The molecule has 2 rings (SSSR count). The lowest BCUT2D eigenvalue weighted by atomic mass is 10.1. The number of nitrogens with two attached hydrogens (primary N) is 1. The average molecular weight is 262 g/mol. The van der Waals surface area contributed by atoms with E-state index in [1.807, 2.05) is 31.7 Å². The highest BCUT2D eigenvalue weighted by molar-refractivity contribution is 5.78. The maximum Gasteiger partial charge on any atom is 0.225 e. The monoisotopic (exact) mass is 262 g/mol. The summed E-state index contributed by atoms with van der Waals surface area (Å²) < 4.78 is 0. The third kappa shape index (κ3) is 2.80. The molecule has 19 heavy (non-hydrogen) atoms. The number of aryl methyl sites for hydroxylation is 1. The second kappa shape index (κ2) is 5.47. The molecular weight excluding hydrogens is 240 g/mol. The molecule has 1 aromatic rings. The van der Waals surface area contributed by atoms with Gasteiger partial charge in [0.25, 0.3) is 0 Å². The summed E-state index contributed by atoms with van der Waals surface area (Å²) in [7, 11) is 0. The van der Waals surface area contributed by atoms with Gasteiger partial charge in [0, 0.05) is 38.3 Å². The van der Waals surface area contributed by atoms with Gasteiger partial charge in [0.05, 0.1) is 5.69 Å². The van der Waals surface area contributed by atoms with Crippen LogP contribution in [-0.4, -0.2) is 42.0 Å². The molecule has 2 heterocycles. The first-order chi connectivity index (χ1) is 9.00. The quantitative estimate of drug-likeness (QED) is 0.872. The Kier molecular flexibility index (Phi) is 3.93. The molecule has 1 amide bonds. The molecule has 5 nitrogen and oxygen atoms in total. The van der Waals surface area contributed by atoms with Crippen molar-refractivity contribution in [2.75, 3.05) is 36.8 Å². The number of nitrogen functional groups attached to an aromatic ring is 1. The van der Waals surface area contributed by atoms with E-state index < -0.39 is 0 Å². The number of hydrogen-bond acceptors (Lipinski definition) is 4. The van der Waals surface area contributed by atoms with Gasteiger partial charge in [-0.1, -0.05) is 13.8 Å². The van der Waals surface area contributed by atoms with Gasteiger partial charge < -0.3 is 15.5 Å². The number of nitrogens with zero attached hydrogens (tertiary/aromatic N) is 3. The number of carbonyl (C=O) groups is 1. The summed E-state index contributed by atoms with van der Waals surface area (Å²) >= 11 is 0. The number of amides is 1. The van der Waals surface area contributed by atoms with Gasteiger partial charge in [-0.25, -0.2) is 4.98 Å². The van der Waals surface area contributed by atoms with E-state index in [2.05, 4.69) is 9.88 Å². The first-order valence-corrected chi connectivity index (χ1v) is 6.75. The second-order valence-electron chi connectivity index (χ2n) is 5.33. The van der Waals surface area contributed by atoms with Crippen molar-refractivity contribution in [2.24, 2.45) is 5.92 Å². The van der Waals surface area contributed by atoms with Crippen molar-refractivity contribution in [3.05, 3.63) is 17.8 Å². The molecule has 0 bridgehead atoms. The molecule has 0 radical (unpaired) electrons. The summed E-state index contributed by atoms with van der Waals surface area (Å²) in [5.41, 5.74) is 7.86. The van der Waals surface area contributed by atoms with Crippen molar-refractivity contribution in [2.45, 2.75) is 20.8 Å². The molecule has 5 heteroatoms. The molecule has 1 saturated heterocycles. The molecule has 1 aliphatic heterocycles. The van der Waals surface area contributed by atoms with E-state index in [0.29, 0.717) is 0 Å². The maximum atomic E-state index is 11.9. The van der Waals surface area contributed by atoms with E-state index in [-0.39, 0.29) is 11.8 Å². The topological polar surface area (TPSA) is 62.5 Å². The second-order valence-corrected chi connectivity index (χ2v) is 5.33. The molecule has 0 aliphatic carbocycles. The predicted octanol–water partition coefficient (Wildman–Crippen LogP) is 1.28. The van der Waals surface area contributed by atoms with Crippen LogP contribution in [0.25, 0.3) is 0 Å². The fourth-order valence-corrected chi connectivity index (χ4v) is 2.31. The van der Waals surface area contributed by atoms with Crippen LogP contribution in [0, 0.1) is 12.8 Å². The smallest absolute Gasteiger partial charge is 0.225 e. The highest BCUT2D eigenvalue weighted by Crippen LogP contribution is 2.24. The van der Waals surface area contributed by atoms with Crippen molar-refractivity contribution >= 4 is 17.4 Å². The van der Waals surface area contributed by atoms with E-state index in [9.17, 15) is 4.79 Å². The number of carbonyl (C=O) groups excluding carboxylic acids is 1. The molecular formula is C14H22N4O. The molecule has 1 fully saturated rings. The van der Waals surface area contributed by atoms with Gasteiger partial charge in [-0.05, 0) is 18.6 Å². The van der Waals surface area contributed by atoms with E-state index in [1.165, 1.54) is 0 Å². The Morgan fingerprint density at radius 3 is 2.53 bits per heavy atom. The molecule has 0 aromatic carbocycles. The van der Waals surface area contributed by atoms with E-state index in [0.717, 1.165) is 43.2 Å². The summed E-state index contributed by atoms with van der Waals surface area (Å²) in [4.78, 5) is 20.4. The van der Waals surface area contributed by atoms with Crippen LogP contribution in [0.15, 0.2) is 12.3 Å². The number of pyridine rings is 1. The Balaban J connectivity index is 2.04. The minimum atomic E-state index is 0.0636. The first kappa shape index (κ1) is 13.6. The SMILES string of the molecule is Cc1ccnc(N2CCN(C(=O)C(C)C)CC2)c1N. The summed E-state index contributed by atoms with van der Waals surface area (Å²) in [5.74, 6) is 1.13. The van der Waals surface area contributed by atoms with Gasteiger partial charge in [-0.2, -0.15) is 0 Å². The lowest BCUT2D eigenvalue weighted by molar-refractivity contribution is -0.134. The molecule has 104 valence electrons. The van der Waals surface area contributed by atoms with Crippen LogP contribution >= 0.6 is 0 Å². The highest BCUT2D eigenvalue weighted by atomic mass is 16.2. The van der Waals surface area contributed by atoms with Crippen molar-refractivity contribution < 1.29 is 4.79 Å². The number of piperazine rings is 1. The van der Waals surface area contributed by atoms with Gasteiger partial charge in [0.1, 0.15) is 0 Å². The van der Waals surface area contributed by atoms with Crippen LogP contribution in [-0.2, 0) is 4.79 Å². The van der Waals surface area contributed by atoms with E-state index in [1.54, 1.807) is 6.20 Å². The molecule has 0 saturated carbocycles. The fourth-order valence-electron chi connectivity index (χ4n) is 2.31. The van der Waals surface area contributed by atoms with Gasteiger partial charge in [0.2, 0.25) is 5.91 Å². The number of rotatable bonds is 2. The molecule has 2 N–H and O–H groups in total. The lowest BCUT2D eigenvalue weighted by Crippen LogP contribution is -2.50. The minimum Gasteiger partial charge on any atom is -0.396 e. The van der Waals surface area contributed by atoms with Gasteiger partial charge in [-0.3, -0.25) is 4.79 Å². The van der Waals surface area contributed by atoms with Crippen LogP contribution in [0.2, 0.25) is 0 Å². The summed E-state index contributed by atoms with van der Waals surface area (Å²) in [6.07, 6.45) is 1.78. The Morgan fingerprint density at radius 2 is 1.95 bits per heavy atom. The third-order valence-corrected chi connectivity index (χ3v) is 3.57. The molecule has 0 spiro atoms. The summed E-state index contributed by atoms with van der Waals surface area (Å²) in [6, 6.07) is 1.91. The van der Waals surface area contributed by atoms with Gasteiger partial charge in [-0.15, -0.1) is 0 Å². The minimum absolute atomic E-state index is 0.0636. The Labute approximate surface area is 114 Å². The van der Waals surface area contributed by atoms with Gasteiger partial charge >= 0.3 is 0 Å². The van der Waals surface area contributed by atoms with Crippen molar-refractivity contribution in [1.29, 1.82) is 0 Å². The van der Waals surface area contributed by atoms with Crippen LogP contribution in [0.3, 0.4) is 0 Å². The van der Waals surface area contributed by atoms with Crippen molar-refractivity contribution in [1.82, 2.24) is 9.88 Å². The number of anilines is 2. The van der Waals surface area contributed by atoms with Crippen molar-refractivity contribution in [3.63, 3.8) is 0 Å². The Morgan fingerprint density at radius 1 is 1.32 bits per heavy atom. The lowest BCUT2D eigenvalue weighted by Gasteiger charge is -2.36. The van der Waals surface area contributed by atoms with Crippen LogP contribution in [0.4, 0.5) is 11.5 Å². The molecule has 0 unspecified atom stereocenters. The largest absolute Gasteiger partial charge is 0.396 e. The molecule has 0 atom stereocenters. The first-order valence-electron chi connectivity index (χ1n) is 6.75. The maximum absolute atomic E-state index is 11.9. The zero-order valence-electron chi connectivity index (χ0n) is 11.9. The van der Waals surface area contributed by atoms with Crippen LogP contribution < -0.4 is 10.6 Å². The normalized spacial score (nSPS) is 16.0. The summed E-state index contributed by atoms with van der Waals surface area (Å²) in [5, 5.41) is 0.